The number of rotatable bonds is 8. The minimum Gasteiger partial charge on any atom is -0.493 e. The zero-order chi connectivity index (χ0) is 24.8. The molecule has 35 heavy (non-hydrogen) atoms. The largest absolute Gasteiger partial charge is 0.493 e. The molecule has 1 aliphatic heterocycles. The molecular weight excluding hydrogens is 464 g/mol. The third kappa shape index (κ3) is 5.59. The molecule has 0 aromatic heterocycles. The highest BCUT2D eigenvalue weighted by atomic mass is 35.5. The van der Waals surface area contributed by atoms with Crippen molar-refractivity contribution in [2.45, 2.75) is 13.3 Å². The summed E-state index contributed by atoms with van der Waals surface area (Å²) in [5, 5.41) is 10.0. The SMILES string of the molecule is COc1cc(/C=C(\C#N)C(=O)N2CCc3ccccc32)cc(Cl)c1OCCOc1ccc(C)cc1. The maximum Gasteiger partial charge on any atom is 0.268 e. The summed E-state index contributed by atoms with van der Waals surface area (Å²) in [6.45, 7) is 3.14. The number of methoxy groups -OCH3 is 1. The number of aryl methyl sites for hydroxylation is 1. The number of carbonyl (C=O) groups is 1. The summed E-state index contributed by atoms with van der Waals surface area (Å²) < 4.78 is 17.0. The smallest absolute Gasteiger partial charge is 0.268 e. The number of ether oxygens (including phenoxy) is 3. The van der Waals surface area contributed by atoms with Crippen LogP contribution in [0.4, 0.5) is 5.69 Å². The Morgan fingerprint density at radius 2 is 1.86 bits per heavy atom. The van der Waals surface area contributed by atoms with Crippen molar-refractivity contribution in [2.75, 3.05) is 31.8 Å². The first-order chi connectivity index (χ1) is 17.0. The first-order valence-corrected chi connectivity index (χ1v) is 11.6. The van der Waals surface area contributed by atoms with Crippen LogP contribution in [0.25, 0.3) is 6.08 Å². The van der Waals surface area contributed by atoms with Crippen molar-refractivity contribution in [1.82, 2.24) is 0 Å². The van der Waals surface area contributed by atoms with Gasteiger partial charge in [-0.3, -0.25) is 4.79 Å². The molecule has 6 nitrogen and oxygen atoms in total. The molecule has 7 heteroatoms. The fourth-order valence-electron chi connectivity index (χ4n) is 3.90. The van der Waals surface area contributed by atoms with E-state index >= 15 is 0 Å². The van der Waals surface area contributed by atoms with E-state index < -0.39 is 0 Å². The van der Waals surface area contributed by atoms with Crippen molar-refractivity contribution in [3.8, 4) is 23.3 Å². The molecule has 0 saturated heterocycles. The Morgan fingerprint density at radius 1 is 1.11 bits per heavy atom. The van der Waals surface area contributed by atoms with Crippen LogP contribution in [0.1, 0.15) is 16.7 Å². The number of benzene rings is 3. The molecule has 178 valence electrons. The molecule has 1 amide bonds. The normalized spacial score (nSPS) is 12.6. The Hall–Kier alpha value is -3.95. The van der Waals surface area contributed by atoms with Crippen molar-refractivity contribution >= 4 is 29.3 Å². The van der Waals surface area contributed by atoms with Crippen LogP contribution in [0.2, 0.25) is 5.02 Å². The van der Waals surface area contributed by atoms with E-state index in [0.29, 0.717) is 35.2 Å². The lowest BCUT2D eigenvalue weighted by molar-refractivity contribution is -0.114. The summed E-state index contributed by atoms with van der Waals surface area (Å²) in [5.41, 5.74) is 3.67. The lowest BCUT2D eigenvalue weighted by Gasteiger charge is -2.17. The van der Waals surface area contributed by atoms with E-state index in [9.17, 15) is 10.1 Å². The molecule has 3 aromatic carbocycles. The highest BCUT2D eigenvalue weighted by Gasteiger charge is 2.26. The van der Waals surface area contributed by atoms with Crippen LogP contribution < -0.4 is 19.1 Å². The van der Waals surface area contributed by atoms with Crippen molar-refractivity contribution in [1.29, 1.82) is 5.26 Å². The van der Waals surface area contributed by atoms with Gasteiger partial charge in [0.15, 0.2) is 11.5 Å². The molecule has 1 aliphatic rings. The fraction of sp³-hybridized carbons (Fsp3) is 0.214. The number of hydrogen-bond donors (Lipinski definition) is 0. The minimum absolute atomic E-state index is 0.0139. The van der Waals surface area contributed by atoms with E-state index in [1.54, 1.807) is 17.0 Å². The van der Waals surface area contributed by atoms with Gasteiger partial charge in [-0.1, -0.05) is 47.5 Å². The van der Waals surface area contributed by atoms with Gasteiger partial charge in [-0.05, 0) is 60.9 Å². The zero-order valence-corrected chi connectivity index (χ0v) is 20.3. The van der Waals surface area contributed by atoms with Gasteiger partial charge in [-0.2, -0.15) is 5.26 Å². The molecule has 0 bridgehead atoms. The molecule has 4 rings (SSSR count). The van der Waals surface area contributed by atoms with E-state index in [2.05, 4.69) is 0 Å². The molecule has 0 unspecified atom stereocenters. The summed E-state index contributed by atoms with van der Waals surface area (Å²) in [5.74, 6) is 1.18. The van der Waals surface area contributed by atoms with Gasteiger partial charge in [0.2, 0.25) is 0 Å². The Labute approximate surface area is 209 Å². The number of hydrogen-bond acceptors (Lipinski definition) is 5. The summed E-state index contributed by atoms with van der Waals surface area (Å²) >= 11 is 6.47. The molecule has 0 radical (unpaired) electrons. The van der Waals surface area contributed by atoms with E-state index in [1.165, 1.54) is 13.2 Å². The number of nitriles is 1. The second-order valence-corrected chi connectivity index (χ2v) is 8.46. The van der Waals surface area contributed by atoms with E-state index in [-0.39, 0.29) is 18.1 Å². The number of halogens is 1. The van der Waals surface area contributed by atoms with Crippen LogP contribution in [0.3, 0.4) is 0 Å². The van der Waals surface area contributed by atoms with Gasteiger partial charge in [0.05, 0.1) is 12.1 Å². The van der Waals surface area contributed by atoms with Gasteiger partial charge < -0.3 is 19.1 Å². The van der Waals surface area contributed by atoms with Gasteiger partial charge in [-0.15, -0.1) is 0 Å². The maximum atomic E-state index is 13.1. The van der Waals surface area contributed by atoms with Crippen LogP contribution in [-0.2, 0) is 11.2 Å². The first kappa shape index (κ1) is 24.2. The van der Waals surface area contributed by atoms with Crippen molar-refractivity contribution in [3.05, 3.63) is 87.9 Å². The number of anilines is 1. The first-order valence-electron chi connectivity index (χ1n) is 11.2. The maximum absolute atomic E-state index is 13.1. The zero-order valence-electron chi connectivity index (χ0n) is 19.6. The Morgan fingerprint density at radius 3 is 2.60 bits per heavy atom. The molecule has 0 aliphatic carbocycles. The standard InChI is InChI=1S/C28H25ClN2O4/c1-19-7-9-23(10-8-19)34-13-14-35-27-24(29)16-20(17-26(27)33-2)15-22(18-30)28(32)31-12-11-21-5-3-4-6-25(21)31/h3-10,15-17H,11-14H2,1-2H3/b22-15+. The predicted octanol–water partition coefficient (Wildman–Crippen LogP) is 5.61. The van der Waals surface area contributed by atoms with Gasteiger partial charge in [0.1, 0.15) is 30.6 Å². The number of nitrogens with zero attached hydrogens (tertiary/aromatic N) is 2. The quantitative estimate of drug-likeness (QED) is 0.234. The second-order valence-electron chi connectivity index (χ2n) is 8.05. The highest BCUT2D eigenvalue weighted by Crippen LogP contribution is 2.37. The van der Waals surface area contributed by atoms with Gasteiger partial charge >= 0.3 is 0 Å². The molecule has 0 spiro atoms. The lowest BCUT2D eigenvalue weighted by Crippen LogP contribution is -2.29. The van der Waals surface area contributed by atoms with Gasteiger partial charge in [-0.25, -0.2) is 0 Å². The van der Waals surface area contributed by atoms with Crippen LogP contribution >= 0.6 is 11.6 Å². The molecule has 0 atom stereocenters. The monoisotopic (exact) mass is 488 g/mol. The minimum atomic E-state index is -0.346. The predicted molar refractivity (Wildman–Crippen MR) is 136 cm³/mol. The summed E-state index contributed by atoms with van der Waals surface area (Å²) in [4.78, 5) is 14.7. The average molecular weight is 489 g/mol. The average Bonchev–Trinajstić information content (AvgIpc) is 3.30. The lowest BCUT2D eigenvalue weighted by atomic mass is 10.1. The number of carbonyl (C=O) groups excluding carboxylic acids is 1. The summed E-state index contributed by atoms with van der Waals surface area (Å²) in [6.07, 6.45) is 2.28. The third-order valence-corrected chi connectivity index (χ3v) is 5.95. The highest BCUT2D eigenvalue weighted by molar-refractivity contribution is 6.32. The molecule has 1 heterocycles. The van der Waals surface area contributed by atoms with Crippen molar-refractivity contribution < 1.29 is 19.0 Å². The Kier molecular flexibility index (Phi) is 7.59. The van der Waals surface area contributed by atoms with E-state index in [0.717, 1.165) is 29.0 Å². The van der Waals surface area contributed by atoms with Crippen molar-refractivity contribution in [2.24, 2.45) is 0 Å². The summed E-state index contributed by atoms with van der Waals surface area (Å²) in [6, 6.07) is 20.8. The van der Waals surface area contributed by atoms with Crippen molar-refractivity contribution in [3.63, 3.8) is 0 Å². The van der Waals surface area contributed by atoms with E-state index in [1.807, 2.05) is 61.5 Å². The molecule has 0 saturated carbocycles. The third-order valence-electron chi connectivity index (χ3n) is 5.67. The topological polar surface area (TPSA) is 71.8 Å². The summed E-state index contributed by atoms with van der Waals surface area (Å²) in [7, 11) is 1.51. The molecular formula is C28H25ClN2O4. The van der Waals surface area contributed by atoms with Gasteiger partial charge in [0, 0.05) is 12.2 Å². The van der Waals surface area contributed by atoms with E-state index in [4.69, 9.17) is 25.8 Å². The fourth-order valence-corrected chi connectivity index (χ4v) is 4.18. The Balaban J connectivity index is 1.47. The number of para-hydroxylation sites is 1. The number of fused-ring (bicyclic) bond motifs is 1. The Bertz CT molecular complexity index is 1300. The molecule has 0 fully saturated rings. The molecule has 0 N–H and O–H groups in total. The molecule has 3 aromatic rings. The van der Waals surface area contributed by atoms with Crippen LogP contribution in [0.5, 0.6) is 17.2 Å². The van der Waals surface area contributed by atoms with Crippen LogP contribution in [0, 0.1) is 18.3 Å². The van der Waals surface area contributed by atoms with Crippen LogP contribution in [-0.4, -0.2) is 32.8 Å². The number of amides is 1. The second kappa shape index (κ2) is 11.0. The van der Waals surface area contributed by atoms with Gasteiger partial charge in [0.25, 0.3) is 5.91 Å². The van der Waals surface area contributed by atoms with Crippen LogP contribution in [0.15, 0.2) is 66.2 Å².